The number of amides is 2. The first kappa shape index (κ1) is 22.9. The van der Waals surface area contributed by atoms with Crippen LogP contribution in [0.4, 0.5) is 0 Å². The second-order valence-electron chi connectivity index (χ2n) is 6.74. The molecular formula is C19H39N3O2. The van der Waals surface area contributed by atoms with Crippen molar-refractivity contribution in [3.05, 3.63) is 0 Å². The lowest BCUT2D eigenvalue weighted by atomic mass is 10.2. The lowest BCUT2D eigenvalue weighted by molar-refractivity contribution is -0.121. The van der Waals surface area contributed by atoms with E-state index in [0.29, 0.717) is 18.9 Å². The van der Waals surface area contributed by atoms with E-state index in [9.17, 15) is 9.59 Å². The highest BCUT2D eigenvalue weighted by atomic mass is 16.2. The summed E-state index contributed by atoms with van der Waals surface area (Å²) in [6.45, 7) is 12.2. The number of unbranched alkanes of at least 4 members (excludes halogenated alkanes) is 2. The van der Waals surface area contributed by atoms with E-state index in [2.05, 4.69) is 29.4 Å². The van der Waals surface area contributed by atoms with Gasteiger partial charge in [0.2, 0.25) is 11.8 Å². The van der Waals surface area contributed by atoms with Crippen molar-refractivity contribution in [2.45, 2.75) is 85.1 Å². The van der Waals surface area contributed by atoms with Gasteiger partial charge in [-0.3, -0.25) is 9.59 Å². The minimum absolute atomic E-state index is 0.170. The lowest BCUT2D eigenvalue weighted by Gasteiger charge is -2.26. The Labute approximate surface area is 148 Å². The molecule has 0 aliphatic carbocycles. The normalized spacial score (nSPS) is 11.1. The number of nitrogens with zero attached hydrogens (tertiary/aromatic N) is 1. The fraction of sp³-hybridized carbons (Fsp3) is 0.895. The van der Waals surface area contributed by atoms with Gasteiger partial charge in [0.15, 0.2) is 0 Å². The zero-order chi connectivity index (χ0) is 18.2. The van der Waals surface area contributed by atoms with E-state index in [0.717, 1.165) is 64.7 Å². The van der Waals surface area contributed by atoms with Gasteiger partial charge >= 0.3 is 0 Å². The molecule has 0 aromatic heterocycles. The average Bonchev–Trinajstić information content (AvgIpc) is 2.52. The van der Waals surface area contributed by atoms with Gasteiger partial charge in [0.1, 0.15) is 0 Å². The monoisotopic (exact) mass is 341 g/mol. The first-order valence-corrected chi connectivity index (χ1v) is 9.78. The Morgan fingerprint density at radius 1 is 0.792 bits per heavy atom. The second-order valence-corrected chi connectivity index (χ2v) is 6.74. The smallest absolute Gasteiger partial charge is 0.219 e. The van der Waals surface area contributed by atoms with E-state index >= 15 is 0 Å². The van der Waals surface area contributed by atoms with Crippen molar-refractivity contribution >= 4 is 11.8 Å². The van der Waals surface area contributed by atoms with Gasteiger partial charge in [-0.05, 0) is 65.5 Å². The quantitative estimate of drug-likeness (QED) is 0.450. The zero-order valence-corrected chi connectivity index (χ0v) is 16.3. The molecule has 0 rings (SSSR count). The number of carbonyl (C=O) groups excluding carboxylic acids is 2. The largest absolute Gasteiger partial charge is 0.356 e. The summed E-state index contributed by atoms with van der Waals surface area (Å²) in [5, 5.41) is 5.94. The summed E-state index contributed by atoms with van der Waals surface area (Å²) in [6.07, 6.45) is 7.37. The standard InChI is InChI=1S/C19H39N3O2/c1-5-11-18(23)20-13-7-9-15-22(17(3)4)16-10-8-14-21-19(24)12-6-2/h17H,5-16H2,1-4H3,(H,20,23)(H,21,24). The van der Waals surface area contributed by atoms with E-state index in [-0.39, 0.29) is 11.8 Å². The molecule has 2 amide bonds. The highest BCUT2D eigenvalue weighted by Crippen LogP contribution is 2.04. The molecule has 0 unspecified atom stereocenters. The van der Waals surface area contributed by atoms with Gasteiger partial charge in [0.05, 0.1) is 0 Å². The predicted octanol–water partition coefficient (Wildman–Crippen LogP) is 3.09. The van der Waals surface area contributed by atoms with Gasteiger partial charge in [0.25, 0.3) is 0 Å². The number of hydrogen-bond acceptors (Lipinski definition) is 3. The van der Waals surface area contributed by atoms with Crippen LogP contribution in [-0.2, 0) is 9.59 Å². The SMILES string of the molecule is CCCC(=O)NCCCCN(CCCCNC(=O)CCC)C(C)C. The Bertz CT molecular complexity index is 305. The van der Waals surface area contributed by atoms with Crippen LogP contribution < -0.4 is 10.6 Å². The van der Waals surface area contributed by atoms with E-state index in [1.807, 2.05) is 13.8 Å². The van der Waals surface area contributed by atoms with Crippen LogP contribution in [0.15, 0.2) is 0 Å². The van der Waals surface area contributed by atoms with Crippen molar-refractivity contribution in [2.24, 2.45) is 0 Å². The molecule has 2 N–H and O–H groups in total. The highest BCUT2D eigenvalue weighted by Gasteiger charge is 2.09. The number of nitrogens with one attached hydrogen (secondary N) is 2. The first-order chi connectivity index (χ1) is 11.5. The summed E-state index contributed by atoms with van der Waals surface area (Å²) in [7, 11) is 0. The van der Waals surface area contributed by atoms with Crippen molar-refractivity contribution in [2.75, 3.05) is 26.2 Å². The summed E-state index contributed by atoms with van der Waals surface area (Å²) in [5.74, 6) is 0.340. The van der Waals surface area contributed by atoms with Gasteiger partial charge in [-0.25, -0.2) is 0 Å². The molecule has 24 heavy (non-hydrogen) atoms. The maximum atomic E-state index is 11.4. The lowest BCUT2D eigenvalue weighted by Crippen LogP contribution is -2.34. The Morgan fingerprint density at radius 2 is 1.21 bits per heavy atom. The van der Waals surface area contributed by atoms with Crippen LogP contribution in [0.3, 0.4) is 0 Å². The van der Waals surface area contributed by atoms with Gasteiger partial charge < -0.3 is 15.5 Å². The third-order valence-corrected chi connectivity index (χ3v) is 4.07. The molecule has 0 fully saturated rings. The molecule has 0 aromatic carbocycles. The Morgan fingerprint density at radius 3 is 1.54 bits per heavy atom. The van der Waals surface area contributed by atoms with Gasteiger partial charge in [-0.1, -0.05) is 13.8 Å². The van der Waals surface area contributed by atoms with E-state index in [4.69, 9.17) is 0 Å². The fourth-order valence-electron chi connectivity index (χ4n) is 2.59. The van der Waals surface area contributed by atoms with Gasteiger partial charge in [-0.15, -0.1) is 0 Å². The summed E-state index contributed by atoms with van der Waals surface area (Å²) < 4.78 is 0. The van der Waals surface area contributed by atoms with Crippen molar-refractivity contribution in [3.63, 3.8) is 0 Å². The highest BCUT2D eigenvalue weighted by molar-refractivity contribution is 5.76. The molecule has 0 aromatic rings. The topological polar surface area (TPSA) is 61.4 Å². The number of hydrogen-bond donors (Lipinski definition) is 2. The van der Waals surface area contributed by atoms with Crippen LogP contribution in [0.1, 0.15) is 79.1 Å². The maximum Gasteiger partial charge on any atom is 0.219 e. The molecule has 0 spiro atoms. The first-order valence-electron chi connectivity index (χ1n) is 9.78. The summed E-state index contributed by atoms with van der Waals surface area (Å²) in [6, 6.07) is 0.536. The predicted molar refractivity (Wildman–Crippen MR) is 101 cm³/mol. The summed E-state index contributed by atoms with van der Waals surface area (Å²) in [5.41, 5.74) is 0. The number of carbonyl (C=O) groups is 2. The van der Waals surface area contributed by atoms with Crippen molar-refractivity contribution in [1.29, 1.82) is 0 Å². The van der Waals surface area contributed by atoms with Gasteiger partial charge in [-0.2, -0.15) is 0 Å². The van der Waals surface area contributed by atoms with Crippen LogP contribution in [-0.4, -0.2) is 48.9 Å². The third-order valence-electron chi connectivity index (χ3n) is 4.07. The van der Waals surface area contributed by atoms with Crippen molar-refractivity contribution in [1.82, 2.24) is 15.5 Å². The average molecular weight is 342 g/mol. The third kappa shape index (κ3) is 13.3. The Hall–Kier alpha value is -1.10. The summed E-state index contributed by atoms with van der Waals surface area (Å²) in [4.78, 5) is 25.3. The van der Waals surface area contributed by atoms with Crippen LogP contribution >= 0.6 is 0 Å². The minimum atomic E-state index is 0.170. The fourth-order valence-corrected chi connectivity index (χ4v) is 2.59. The zero-order valence-electron chi connectivity index (χ0n) is 16.3. The number of rotatable bonds is 15. The molecular weight excluding hydrogens is 302 g/mol. The van der Waals surface area contributed by atoms with Crippen LogP contribution in [0.25, 0.3) is 0 Å². The molecule has 0 aliphatic heterocycles. The molecule has 5 heteroatoms. The molecule has 0 saturated heterocycles. The van der Waals surface area contributed by atoms with Gasteiger partial charge in [0, 0.05) is 32.0 Å². The molecule has 0 heterocycles. The van der Waals surface area contributed by atoms with E-state index in [1.54, 1.807) is 0 Å². The molecule has 142 valence electrons. The Balaban J connectivity index is 3.71. The Kier molecular flexibility index (Phi) is 14.7. The van der Waals surface area contributed by atoms with Crippen LogP contribution in [0.2, 0.25) is 0 Å². The van der Waals surface area contributed by atoms with Crippen LogP contribution in [0, 0.1) is 0 Å². The molecule has 5 nitrogen and oxygen atoms in total. The van der Waals surface area contributed by atoms with E-state index in [1.165, 1.54) is 0 Å². The van der Waals surface area contributed by atoms with Crippen LogP contribution in [0.5, 0.6) is 0 Å². The molecule has 0 radical (unpaired) electrons. The molecule has 0 aliphatic rings. The second kappa shape index (κ2) is 15.4. The minimum Gasteiger partial charge on any atom is -0.356 e. The van der Waals surface area contributed by atoms with Crippen molar-refractivity contribution < 1.29 is 9.59 Å². The van der Waals surface area contributed by atoms with E-state index < -0.39 is 0 Å². The molecule has 0 bridgehead atoms. The summed E-state index contributed by atoms with van der Waals surface area (Å²) >= 11 is 0. The maximum absolute atomic E-state index is 11.4. The van der Waals surface area contributed by atoms with Crippen molar-refractivity contribution in [3.8, 4) is 0 Å². The molecule has 0 saturated carbocycles. The molecule has 0 atom stereocenters.